The molecule has 1 aliphatic heterocycles. The van der Waals surface area contributed by atoms with Crippen LogP contribution in [0.25, 0.3) is 0 Å². The van der Waals surface area contributed by atoms with Gasteiger partial charge in [0.05, 0.1) is 13.2 Å². The summed E-state index contributed by atoms with van der Waals surface area (Å²) in [5.74, 6) is 0.670. The van der Waals surface area contributed by atoms with E-state index in [1.807, 2.05) is 4.90 Å². The average Bonchev–Trinajstić information content (AvgIpc) is 2.72. The van der Waals surface area contributed by atoms with Gasteiger partial charge >= 0.3 is 0 Å². The van der Waals surface area contributed by atoms with E-state index in [1.54, 1.807) is 24.7 Å². The number of hydrogen-bond donors (Lipinski definition) is 0. The van der Waals surface area contributed by atoms with Crippen LogP contribution in [-0.4, -0.2) is 54.5 Å². The summed E-state index contributed by atoms with van der Waals surface area (Å²) in [4.78, 5) is 5.97. The van der Waals surface area contributed by atoms with Crippen LogP contribution in [0.3, 0.4) is 0 Å². The molecule has 0 N–H and O–H groups in total. The second kappa shape index (κ2) is 5.44. The van der Waals surface area contributed by atoms with Gasteiger partial charge in [-0.15, -0.1) is 6.58 Å². The molecule has 0 amide bonds. The summed E-state index contributed by atoms with van der Waals surface area (Å²) in [6, 6.07) is 0. The summed E-state index contributed by atoms with van der Waals surface area (Å²) in [6.07, 6.45) is 3.01. The Morgan fingerprint density at radius 2 is 2.11 bits per heavy atom. The minimum atomic E-state index is -3.53. The Morgan fingerprint density at radius 1 is 1.47 bits per heavy atom. The van der Waals surface area contributed by atoms with Crippen molar-refractivity contribution >= 4 is 9.84 Å². The number of aromatic nitrogens is 2. The van der Waals surface area contributed by atoms with Gasteiger partial charge in [-0.2, -0.15) is 0 Å². The van der Waals surface area contributed by atoms with Crippen molar-refractivity contribution in [1.82, 2.24) is 14.5 Å². The lowest BCUT2D eigenvalue weighted by atomic mass is 10.4. The predicted molar refractivity (Wildman–Crippen MR) is 71.5 cm³/mol. The average molecular weight is 285 g/mol. The van der Waals surface area contributed by atoms with Gasteiger partial charge in [-0.25, -0.2) is 13.4 Å². The maximum atomic E-state index is 12.6. The number of ether oxygens (including phenoxy) is 1. The molecule has 1 unspecified atom stereocenters. The molecular formula is C12H19N3O3S. The number of morpholine rings is 1. The fraction of sp³-hybridized carbons (Fsp3) is 0.583. The molecule has 6 nitrogen and oxygen atoms in total. The van der Waals surface area contributed by atoms with Crippen molar-refractivity contribution in [3.8, 4) is 0 Å². The third-order valence-electron chi connectivity index (χ3n) is 3.30. The number of imidazole rings is 1. The van der Waals surface area contributed by atoms with Crippen molar-refractivity contribution in [3.05, 3.63) is 24.7 Å². The van der Waals surface area contributed by atoms with Crippen LogP contribution in [0.2, 0.25) is 0 Å². The molecule has 1 aromatic rings. The summed E-state index contributed by atoms with van der Waals surface area (Å²) in [6.45, 7) is 7.69. The second-order valence-electron chi connectivity index (χ2n) is 4.56. The molecule has 2 rings (SSSR count). The van der Waals surface area contributed by atoms with E-state index in [0.29, 0.717) is 32.1 Å². The molecule has 7 heteroatoms. The van der Waals surface area contributed by atoms with Crippen LogP contribution in [0.4, 0.5) is 0 Å². The van der Waals surface area contributed by atoms with E-state index < -0.39 is 15.2 Å². The lowest BCUT2D eigenvalue weighted by molar-refractivity contribution is 0.0374. The highest BCUT2D eigenvalue weighted by Crippen LogP contribution is 2.20. The van der Waals surface area contributed by atoms with Crippen LogP contribution in [0, 0.1) is 6.92 Å². The van der Waals surface area contributed by atoms with Gasteiger partial charge in [0, 0.05) is 26.3 Å². The number of hydrogen-bond acceptors (Lipinski definition) is 5. The summed E-state index contributed by atoms with van der Waals surface area (Å²) in [7, 11) is -1.76. The van der Waals surface area contributed by atoms with Gasteiger partial charge < -0.3 is 9.30 Å². The fourth-order valence-corrected chi connectivity index (χ4v) is 3.76. The van der Waals surface area contributed by atoms with Gasteiger partial charge in [-0.1, -0.05) is 6.08 Å². The molecule has 2 heterocycles. The Kier molecular flexibility index (Phi) is 4.07. The molecule has 0 aliphatic carbocycles. The highest BCUT2D eigenvalue weighted by molar-refractivity contribution is 7.92. The maximum Gasteiger partial charge on any atom is 0.216 e. The van der Waals surface area contributed by atoms with Crippen molar-refractivity contribution in [3.63, 3.8) is 0 Å². The first-order valence-corrected chi connectivity index (χ1v) is 7.69. The highest BCUT2D eigenvalue weighted by atomic mass is 32.2. The molecule has 0 saturated carbocycles. The van der Waals surface area contributed by atoms with Gasteiger partial charge in [0.25, 0.3) is 0 Å². The number of aryl methyl sites for hydroxylation is 2. The fourth-order valence-electron chi connectivity index (χ4n) is 2.09. The van der Waals surface area contributed by atoms with E-state index in [-0.39, 0.29) is 5.03 Å². The minimum absolute atomic E-state index is 0.101. The third-order valence-corrected chi connectivity index (χ3v) is 5.21. The van der Waals surface area contributed by atoms with Crippen LogP contribution < -0.4 is 0 Å². The lowest BCUT2D eigenvalue weighted by Crippen LogP contribution is -2.46. The Balaban J connectivity index is 2.32. The number of nitrogens with zero attached hydrogens (tertiary/aromatic N) is 3. The van der Waals surface area contributed by atoms with E-state index in [9.17, 15) is 8.42 Å². The molecule has 1 atom stereocenters. The zero-order valence-electron chi connectivity index (χ0n) is 11.2. The van der Waals surface area contributed by atoms with Crippen molar-refractivity contribution in [2.24, 2.45) is 7.05 Å². The second-order valence-corrected chi connectivity index (χ2v) is 6.55. The Labute approximate surface area is 113 Å². The summed E-state index contributed by atoms with van der Waals surface area (Å²) >= 11 is 0. The molecule has 106 valence electrons. The normalized spacial score (nSPS) is 19.3. The van der Waals surface area contributed by atoms with Crippen LogP contribution in [0.15, 0.2) is 23.9 Å². The maximum absolute atomic E-state index is 12.6. The third kappa shape index (κ3) is 2.72. The Bertz CT molecular complexity index is 539. The predicted octanol–water partition coefficient (Wildman–Crippen LogP) is 0.347. The largest absolute Gasteiger partial charge is 0.379 e. The summed E-state index contributed by atoms with van der Waals surface area (Å²) in [5.41, 5.74) is 0. The first-order chi connectivity index (χ1) is 8.96. The van der Waals surface area contributed by atoms with Crippen molar-refractivity contribution in [2.75, 3.05) is 26.3 Å². The van der Waals surface area contributed by atoms with Crippen molar-refractivity contribution in [1.29, 1.82) is 0 Å². The number of sulfone groups is 1. The molecule has 1 fully saturated rings. The van der Waals surface area contributed by atoms with Crippen LogP contribution in [0.5, 0.6) is 0 Å². The zero-order valence-corrected chi connectivity index (χ0v) is 12.1. The molecular weight excluding hydrogens is 266 g/mol. The van der Waals surface area contributed by atoms with E-state index in [2.05, 4.69) is 11.6 Å². The first kappa shape index (κ1) is 14.2. The molecule has 19 heavy (non-hydrogen) atoms. The van der Waals surface area contributed by atoms with E-state index in [0.717, 1.165) is 0 Å². The van der Waals surface area contributed by atoms with Gasteiger partial charge in [0.2, 0.25) is 9.84 Å². The highest BCUT2D eigenvalue weighted by Gasteiger charge is 2.33. The van der Waals surface area contributed by atoms with Gasteiger partial charge in [-0.3, -0.25) is 4.90 Å². The first-order valence-electron chi connectivity index (χ1n) is 6.15. The van der Waals surface area contributed by atoms with E-state index in [1.165, 1.54) is 6.08 Å². The quantitative estimate of drug-likeness (QED) is 0.747. The molecule has 0 bridgehead atoms. The van der Waals surface area contributed by atoms with Crippen molar-refractivity contribution in [2.45, 2.75) is 17.3 Å². The Hall–Kier alpha value is -1.18. The van der Waals surface area contributed by atoms with Gasteiger partial charge in [0.15, 0.2) is 5.03 Å². The van der Waals surface area contributed by atoms with E-state index >= 15 is 0 Å². The lowest BCUT2D eigenvalue weighted by Gasteiger charge is -2.31. The standard InChI is InChI=1S/C12H19N3O3S/c1-4-12(15-5-7-18-8-6-15)19(16,17)11-9-14(3)10(2)13-11/h4,9,12H,1,5-8H2,2-3H3. The Morgan fingerprint density at radius 3 is 2.58 bits per heavy atom. The minimum Gasteiger partial charge on any atom is -0.379 e. The molecule has 0 radical (unpaired) electrons. The summed E-state index contributed by atoms with van der Waals surface area (Å²) in [5, 5.41) is -0.644. The monoisotopic (exact) mass is 285 g/mol. The molecule has 1 aromatic heterocycles. The molecule has 0 aromatic carbocycles. The van der Waals surface area contributed by atoms with Crippen LogP contribution in [-0.2, 0) is 21.6 Å². The van der Waals surface area contributed by atoms with Gasteiger partial charge in [-0.05, 0) is 6.92 Å². The molecule has 0 spiro atoms. The topological polar surface area (TPSA) is 64.4 Å². The SMILES string of the molecule is C=CC(N1CCOCC1)S(=O)(=O)c1cn(C)c(C)n1. The number of rotatable bonds is 4. The van der Waals surface area contributed by atoms with Crippen LogP contribution in [0.1, 0.15) is 5.82 Å². The molecule has 1 saturated heterocycles. The van der Waals surface area contributed by atoms with Crippen LogP contribution >= 0.6 is 0 Å². The zero-order chi connectivity index (χ0) is 14.0. The smallest absolute Gasteiger partial charge is 0.216 e. The van der Waals surface area contributed by atoms with E-state index in [4.69, 9.17) is 4.74 Å². The summed E-state index contributed by atoms with van der Waals surface area (Å²) < 4.78 is 32.1. The molecule has 1 aliphatic rings. The van der Waals surface area contributed by atoms with Gasteiger partial charge in [0.1, 0.15) is 11.2 Å². The van der Waals surface area contributed by atoms with Crippen molar-refractivity contribution < 1.29 is 13.2 Å².